The van der Waals surface area contributed by atoms with E-state index in [2.05, 4.69) is 181 Å². The summed E-state index contributed by atoms with van der Waals surface area (Å²) >= 11 is 0. The van der Waals surface area contributed by atoms with E-state index in [-0.39, 0.29) is 16.2 Å². The van der Waals surface area contributed by atoms with Crippen molar-refractivity contribution < 1.29 is 8.83 Å². The van der Waals surface area contributed by atoms with E-state index < -0.39 is 0 Å². The molecule has 2 heterocycles. The number of rotatable bonds is 5. The summed E-state index contributed by atoms with van der Waals surface area (Å²) in [4.78, 5) is 5.26. The Morgan fingerprint density at radius 3 is 1.82 bits per heavy atom. The Morgan fingerprint density at radius 1 is 0.600 bits per heavy atom. The van der Waals surface area contributed by atoms with Crippen LogP contribution in [-0.4, -0.2) is 5.71 Å². The van der Waals surface area contributed by atoms with Crippen LogP contribution < -0.4 is 0 Å². The van der Waals surface area contributed by atoms with Gasteiger partial charge < -0.3 is 8.83 Å². The monoisotopic (exact) mass is 793 g/mol. The molecule has 0 amide bonds. The number of furan rings is 2. The highest BCUT2D eigenvalue weighted by atomic mass is 16.3. The topological polar surface area (TPSA) is 38.6 Å². The highest BCUT2D eigenvalue weighted by molar-refractivity contribution is 6.21. The highest BCUT2D eigenvalue weighted by Gasteiger charge is 2.28. The van der Waals surface area contributed by atoms with E-state index in [1.165, 1.54) is 38.8 Å². The Balaban J connectivity index is 0.000000537. The van der Waals surface area contributed by atoms with Crippen LogP contribution in [0, 0.1) is 0 Å². The van der Waals surface area contributed by atoms with Crippen LogP contribution in [0.15, 0.2) is 146 Å². The Bertz CT molecular complexity index is 2890. The number of fused-ring (bicyclic) bond motifs is 6. The van der Waals surface area contributed by atoms with Crippen molar-refractivity contribution in [1.29, 1.82) is 0 Å². The number of allylic oxidation sites excluding steroid dienone is 5. The fraction of sp³-hybridized carbons (Fsp3) is 0.316. The molecule has 0 aliphatic heterocycles. The van der Waals surface area contributed by atoms with Gasteiger partial charge in [0.25, 0.3) is 0 Å². The fourth-order valence-corrected chi connectivity index (χ4v) is 8.17. The normalized spacial score (nSPS) is 13.8. The van der Waals surface area contributed by atoms with Gasteiger partial charge in [0.1, 0.15) is 22.3 Å². The molecule has 0 unspecified atom stereocenters. The van der Waals surface area contributed by atoms with Gasteiger partial charge in [-0.3, -0.25) is 4.99 Å². The zero-order valence-corrected chi connectivity index (χ0v) is 38.3. The number of nitrogens with zero attached hydrogens (tertiary/aromatic N) is 1. The number of para-hydroxylation sites is 1. The van der Waals surface area contributed by atoms with Crippen LogP contribution in [0.5, 0.6) is 0 Å². The van der Waals surface area contributed by atoms with Crippen LogP contribution in [0.2, 0.25) is 0 Å². The van der Waals surface area contributed by atoms with Gasteiger partial charge in [-0.25, -0.2) is 0 Å². The third kappa shape index (κ3) is 8.37. The summed E-state index contributed by atoms with van der Waals surface area (Å²) in [6.45, 7) is 32.8. The molecule has 308 valence electrons. The van der Waals surface area contributed by atoms with Gasteiger partial charge in [-0.05, 0) is 103 Å². The minimum atomic E-state index is -0.0931. The second-order valence-electron chi connectivity index (χ2n) is 19.9. The summed E-state index contributed by atoms with van der Waals surface area (Å²) in [5.74, 6) is 0. The average Bonchev–Trinajstić information content (AvgIpc) is 3.77. The summed E-state index contributed by atoms with van der Waals surface area (Å²) in [5, 5.41) is 4.51. The van der Waals surface area contributed by atoms with Crippen molar-refractivity contribution in [2.75, 3.05) is 0 Å². The van der Waals surface area contributed by atoms with E-state index in [1.807, 2.05) is 25.1 Å². The first kappa shape index (κ1) is 42.5. The van der Waals surface area contributed by atoms with Gasteiger partial charge in [0.2, 0.25) is 0 Å². The molecule has 0 saturated heterocycles. The Labute approximate surface area is 358 Å². The molecule has 0 bridgehead atoms. The largest absolute Gasteiger partial charge is 0.455 e. The van der Waals surface area contributed by atoms with Crippen LogP contribution in [0.1, 0.15) is 131 Å². The van der Waals surface area contributed by atoms with E-state index in [4.69, 9.17) is 13.8 Å². The van der Waals surface area contributed by atoms with E-state index in [9.17, 15) is 0 Å². The molecule has 8 rings (SSSR count). The zero-order valence-electron chi connectivity index (χ0n) is 38.3. The molecule has 0 saturated carbocycles. The molecule has 2 aromatic heterocycles. The number of aliphatic imine (C=N–C) groups is 1. The first-order valence-electron chi connectivity index (χ1n) is 21.6. The lowest BCUT2D eigenvalue weighted by Gasteiger charge is -2.25. The zero-order chi connectivity index (χ0) is 43.3. The lowest BCUT2D eigenvalue weighted by molar-refractivity contribution is 0.559. The smallest absolute Gasteiger partial charge is 0.143 e. The molecule has 60 heavy (non-hydrogen) atoms. The van der Waals surface area contributed by atoms with Crippen molar-refractivity contribution in [2.45, 2.75) is 119 Å². The third-order valence-electron chi connectivity index (χ3n) is 11.7. The van der Waals surface area contributed by atoms with Gasteiger partial charge in [0.15, 0.2) is 0 Å². The summed E-state index contributed by atoms with van der Waals surface area (Å²) in [6, 6.07) is 32.4. The highest BCUT2D eigenvalue weighted by Crippen LogP contribution is 2.46. The van der Waals surface area contributed by atoms with Gasteiger partial charge in [-0.1, -0.05) is 165 Å². The Kier molecular flexibility index (Phi) is 11.4. The molecular weight excluding hydrogens is 731 g/mol. The first-order valence-corrected chi connectivity index (χ1v) is 21.6. The van der Waals surface area contributed by atoms with Gasteiger partial charge >= 0.3 is 0 Å². The first-order chi connectivity index (χ1) is 28.2. The van der Waals surface area contributed by atoms with E-state index >= 15 is 0 Å². The second kappa shape index (κ2) is 16.1. The maximum atomic E-state index is 7.06. The fourth-order valence-electron chi connectivity index (χ4n) is 8.17. The van der Waals surface area contributed by atoms with Gasteiger partial charge in [-0.2, -0.15) is 0 Å². The van der Waals surface area contributed by atoms with Crippen LogP contribution in [0.3, 0.4) is 0 Å². The summed E-state index contributed by atoms with van der Waals surface area (Å²) < 4.78 is 13.9. The number of benzene rings is 5. The molecule has 3 nitrogen and oxygen atoms in total. The predicted octanol–water partition coefficient (Wildman–Crippen LogP) is 17.1. The van der Waals surface area contributed by atoms with Crippen LogP contribution in [0.25, 0.3) is 60.6 Å². The molecule has 5 aromatic carbocycles. The van der Waals surface area contributed by atoms with Crippen LogP contribution in [-0.2, 0) is 16.2 Å². The Morgan fingerprint density at radius 2 is 1.23 bits per heavy atom. The maximum Gasteiger partial charge on any atom is 0.143 e. The minimum Gasteiger partial charge on any atom is -0.455 e. The minimum absolute atomic E-state index is 0.00229. The van der Waals surface area contributed by atoms with E-state index in [0.717, 1.165) is 85.0 Å². The van der Waals surface area contributed by atoms with Gasteiger partial charge in [0, 0.05) is 49.5 Å². The van der Waals surface area contributed by atoms with Gasteiger partial charge in [-0.15, -0.1) is 0 Å². The maximum absolute atomic E-state index is 7.06. The molecule has 0 fully saturated rings. The van der Waals surface area contributed by atoms with Crippen molar-refractivity contribution in [2.24, 2.45) is 4.99 Å². The van der Waals surface area contributed by atoms with Crippen molar-refractivity contribution in [1.82, 2.24) is 0 Å². The van der Waals surface area contributed by atoms with Crippen molar-refractivity contribution >= 4 is 55.2 Å². The Hall–Kier alpha value is -5.67. The number of hydrogen-bond donors (Lipinski definition) is 0. The van der Waals surface area contributed by atoms with Crippen LogP contribution in [0.4, 0.5) is 0 Å². The number of hydrogen-bond acceptors (Lipinski definition) is 3. The standard InChI is InChI=1S/C48H53NO2.C9H10/c1-28(2)42(30-18-14-13-15-19-30)49-29(3)33-20-17-23-40-41(33)35-22-16-21-34(43(35)50-40)36-24-31(46(4,5)6)25-37-38-26-32(47(7,8)9)27-39(48(10,11)12)45(38)51-44(36)37;1-8(2)9-6-4-3-5-7-9/h14,16-27H,13,15H2,1-12H3;3-7H,1H2,2H3. The summed E-state index contributed by atoms with van der Waals surface area (Å²) in [6.07, 6.45) is 8.89. The average molecular weight is 794 g/mol. The van der Waals surface area contributed by atoms with Crippen molar-refractivity contribution in [3.63, 3.8) is 0 Å². The predicted molar refractivity (Wildman–Crippen MR) is 261 cm³/mol. The molecular formula is C57H63NO2. The quantitative estimate of drug-likeness (QED) is 0.163. The summed E-state index contributed by atoms with van der Waals surface area (Å²) in [5.41, 5.74) is 17.2. The van der Waals surface area contributed by atoms with E-state index in [1.54, 1.807) is 0 Å². The SMILES string of the molecule is C=C(C)c1ccccc1.CC(=NC(C1=CCCC=C1)=C(C)C)c1cccc2oc3c(-c4cc(C(C)(C)C)cc5c4oc4c(C(C)(C)C)cc(C(C)(C)C)cc45)cccc3c12. The molecule has 0 N–H and O–H groups in total. The third-order valence-corrected chi connectivity index (χ3v) is 11.7. The lowest BCUT2D eigenvalue weighted by atomic mass is 9.79. The van der Waals surface area contributed by atoms with Crippen LogP contribution >= 0.6 is 0 Å². The molecule has 0 radical (unpaired) electrons. The molecule has 1 aliphatic carbocycles. The molecule has 0 spiro atoms. The molecule has 0 atom stereocenters. The lowest BCUT2D eigenvalue weighted by Crippen LogP contribution is -2.16. The second-order valence-corrected chi connectivity index (χ2v) is 19.9. The molecule has 1 aliphatic rings. The van der Waals surface area contributed by atoms with E-state index in [0.29, 0.717) is 0 Å². The van der Waals surface area contributed by atoms with Gasteiger partial charge in [0.05, 0.1) is 5.70 Å². The summed E-state index contributed by atoms with van der Waals surface area (Å²) in [7, 11) is 0. The van der Waals surface area contributed by atoms with Crippen molar-refractivity contribution in [3.8, 4) is 11.1 Å². The molecule has 3 heteroatoms. The molecule has 7 aromatic rings. The van der Waals surface area contributed by atoms with Crippen molar-refractivity contribution in [3.05, 3.63) is 160 Å².